The molecule has 1 fully saturated rings. The molecule has 4 nitrogen and oxygen atoms in total. The molecule has 5 heteroatoms. The number of nitrogens with two attached hydrogens (primary N) is 1. The first-order valence-corrected chi connectivity index (χ1v) is 6.15. The number of amides is 1. The summed E-state index contributed by atoms with van der Waals surface area (Å²) in [6.07, 6.45) is 1.45. The smallest absolute Gasteiger partial charge is 0.228 e. The normalized spacial score (nSPS) is 24.4. The third-order valence-electron chi connectivity index (χ3n) is 3.01. The number of rotatable bonds is 5. The van der Waals surface area contributed by atoms with Crippen LogP contribution >= 0.6 is 12.2 Å². The van der Waals surface area contributed by atoms with Crippen LogP contribution in [0.1, 0.15) is 26.7 Å². The van der Waals surface area contributed by atoms with Gasteiger partial charge in [-0.15, -0.1) is 0 Å². The average molecular weight is 244 g/mol. The number of hydrogen-bond acceptors (Lipinski definition) is 3. The molecule has 1 aliphatic heterocycles. The van der Waals surface area contributed by atoms with Crippen molar-refractivity contribution in [3.8, 4) is 0 Å². The average Bonchev–Trinajstić information content (AvgIpc) is 2.64. The van der Waals surface area contributed by atoms with Gasteiger partial charge in [-0.25, -0.2) is 0 Å². The van der Waals surface area contributed by atoms with E-state index in [1.807, 2.05) is 18.7 Å². The summed E-state index contributed by atoms with van der Waals surface area (Å²) >= 11 is 4.82. The van der Waals surface area contributed by atoms with Crippen molar-refractivity contribution in [1.29, 1.82) is 0 Å². The van der Waals surface area contributed by atoms with E-state index in [2.05, 4.69) is 0 Å². The standard InChI is InChI=1S/C11H20N2O2S/c1-3-13(6-4-10(12)16)11(14)9-5-7-15-8(9)2/h8-9H,3-7H2,1-2H3,(H2,12,16). The first-order valence-electron chi connectivity index (χ1n) is 5.75. The van der Waals surface area contributed by atoms with Crippen molar-refractivity contribution in [2.24, 2.45) is 11.7 Å². The third-order valence-corrected chi connectivity index (χ3v) is 3.22. The lowest BCUT2D eigenvalue weighted by atomic mass is 10.0. The van der Waals surface area contributed by atoms with Gasteiger partial charge in [0.25, 0.3) is 0 Å². The van der Waals surface area contributed by atoms with Crippen LogP contribution in [-0.4, -0.2) is 41.6 Å². The van der Waals surface area contributed by atoms with E-state index in [1.54, 1.807) is 0 Å². The van der Waals surface area contributed by atoms with E-state index in [0.717, 1.165) is 6.42 Å². The van der Waals surface area contributed by atoms with Crippen LogP contribution in [0.25, 0.3) is 0 Å². The minimum absolute atomic E-state index is 0.00583. The summed E-state index contributed by atoms with van der Waals surface area (Å²) in [4.78, 5) is 14.4. The second kappa shape index (κ2) is 6.15. The van der Waals surface area contributed by atoms with Crippen LogP contribution in [0.2, 0.25) is 0 Å². The number of carbonyl (C=O) groups excluding carboxylic acids is 1. The minimum atomic E-state index is 0.00583. The van der Waals surface area contributed by atoms with Crippen molar-refractivity contribution < 1.29 is 9.53 Å². The molecule has 2 N–H and O–H groups in total. The minimum Gasteiger partial charge on any atom is -0.393 e. The Morgan fingerprint density at radius 2 is 2.31 bits per heavy atom. The van der Waals surface area contributed by atoms with Crippen molar-refractivity contribution in [3.05, 3.63) is 0 Å². The fourth-order valence-electron chi connectivity index (χ4n) is 1.96. The topological polar surface area (TPSA) is 55.6 Å². The highest BCUT2D eigenvalue weighted by Gasteiger charge is 2.33. The first-order chi connectivity index (χ1) is 7.56. The van der Waals surface area contributed by atoms with Crippen LogP contribution in [-0.2, 0) is 9.53 Å². The van der Waals surface area contributed by atoms with Gasteiger partial charge >= 0.3 is 0 Å². The predicted molar refractivity (Wildman–Crippen MR) is 67.2 cm³/mol. The SMILES string of the molecule is CCN(CCC(N)=S)C(=O)C1CCOC1C. The van der Waals surface area contributed by atoms with Crippen molar-refractivity contribution >= 4 is 23.1 Å². The molecule has 2 atom stereocenters. The maximum atomic E-state index is 12.2. The zero-order chi connectivity index (χ0) is 12.1. The summed E-state index contributed by atoms with van der Waals surface area (Å²) in [5, 5.41) is 0. The highest BCUT2D eigenvalue weighted by atomic mass is 32.1. The van der Waals surface area contributed by atoms with E-state index in [9.17, 15) is 4.79 Å². The maximum Gasteiger partial charge on any atom is 0.228 e. The summed E-state index contributed by atoms with van der Waals surface area (Å²) in [5.41, 5.74) is 5.45. The Hall–Kier alpha value is -0.680. The van der Waals surface area contributed by atoms with Gasteiger partial charge in [0.1, 0.15) is 0 Å². The van der Waals surface area contributed by atoms with Gasteiger partial charge in [-0.2, -0.15) is 0 Å². The van der Waals surface area contributed by atoms with Crippen LogP contribution in [0.4, 0.5) is 0 Å². The summed E-state index contributed by atoms with van der Waals surface area (Å²) in [5.74, 6) is 0.176. The lowest BCUT2D eigenvalue weighted by Gasteiger charge is -2.25. The molecule has 0 aromatic rings. The lowest BCUT2D eigenvalue weighted by Crippen LogP contribution is -2.40. The van der Waals surface area contributed by atoms with Gasteiger partial charge in [0, 0.05) is 26.1 Å². The molecule has 1 heterocycles. The van der Waals surface area contributed by atoms with E-state index >= 15 is 0 Å². The number of thiocarbonyl (C=S) groups is 1. The Morgan fingerprint density at radius 1 is 1.62 bits per heavy atom. The van der Waals surface area contributed by atoms with Crippen LogP contribution < -0.4 is 5.73 Å². The number of nitrogens with zero attached hydrogens (tertiary/aromatic N) is 1. The Bertz CT molecular complexity index is 271. The highest BCUT2D eigenvalue weighted by Crippen LogP contribution is 2.22. The Kier molecular flexibility index (Phi) is 5.15. The number of hydrogen-bond donors (Lipinski definition) is 1. The molecule has 2 unspecified atom stereocenters. The van der Waals surface area contributed by atoms with Crippen molar-refractivity contribution in [2.45, 2.75) is 32.8 Å². The lowest BCUT2D eigenvalue weighted by molar-refractivity contribution is -0.136. The molecule has 0 bridgehead atoms. The van der Waals surface area contributed by atoms with Gasteiger partial charge in [-0.1, -0.05) is 12.2 Å². The summed E-state index contributed by atoms with van der Waals surface area (Å²) < 4.78 is 5.41. The van der Waals surface area contributed by atoms with Gasteiger partial charge in [-0.3, -0.25) is 4.79 Å². The fraction of sp³-hybridized carbons (Fsp3) is 0.818. The van der Waals surface area contributed by atoms with Gasteiger partial charge in [-0.05, 0) is 20.3 Å². The quantitative estimate of drug-likeness (QED) is 0.731. The summed E-state index contributed by atoms with van der Waals surface area (Å²) in [7, 11) is 0. The number of ether oxygens (including phenoxy) is 1. The van der Waals surface area contributed by atoms with E-state index in [1.165, 1.54) is 0 Å². The first kappa shape index (κ1) is 13.4. The Balaban J connectivity index is 2.51. The Labute approximate surface area is 102 Å². The van der Waals surface area contributed by atoms with E-state index in [-0.39, 0.29) is 17.9 Å². The molecular formula is C11H20N2O2S. The Morgan fingerprint density at radius 3 is 2.75 bits per heavy atom. The monoisotopic (exact) mass is 244 g/mol. The fourth-order valence-corrected chi connectivity index (χ4v) is 2.05. The van der Waals surface area contributed by atoms with Gasteiger partial charge in [0.15, 0.2) is 0 Å². The maximum absolute atomic E-state index is 12.2. The molecule has 92 valence electrons. The molecule has 1 amide bonds. The molecule has 1 saturated heterocycles. The van der Waals surface area contributed by atoms with E-state index in [0.29, 0.717) is 31.1 Å². The van der Waals surface area contributed by atoms with E-state index < -0.39 is 0 Å². The van der Waals surface area contributed by atoms with E-state index in [4.69, 9.17) is 22.7 Å². The number of carbonyl (C=O) groups is 1. The third kappa shape index (κ3) is 3.42. The zero-order valence-electron chi connectivity index (χ0n) is 9.94. The molecule has 1 rings (SSSR count). The second-order valence-electron chi connectivity index (χ2n) is 4.11. The van der Waals surface area contributed by atoms with Crippen LogP contribution in [0.3, 0.4) is 0 Å². The highest BCUT2D eigenvalue weighted by molar-refractivity contribution is 7.80. The molecule has 0 saturated carbocycles. The van der Waals surface area contributed by atoms with Crippen molar-refractivity contribution in [2.75, 3.05) is 19.7 Å². The molecule has 0 radical (unpaired) electrons. The van der Waals surface area contributed by atoms with Crippen molar-refractivity contribution in [3.63, 3.8) is 0 Å². The summed E-state index contributed by atoms with van der Waals surface area (Å²) in [6.45, 7) is 5.93. The zero-order valence-corrected chi connectivity index (χ0v) is 10.8. The predicted octanol–water partition coefficient (Wildman–Crippen LogP) is 0.936. The molecule has 0 spiro atoms. The van der Waals surface area contributed by atoms with Gasteiger partial charge in [0.2, 0.25) is 5.91 Å². The van der Waals surface area contributed by atoms with Gasteiger partial charge < -0.3 is 15.4 Å². The molecular weight excluding hydrogens is 224 g/mol. The molecule has 16 heavy (non-hydrogen) atoms. The molecule has 0 aromatic carbocycles. The van der Waals surface area contributed by atoms with Crippen LogP contribution in [0.15, 0.2) is 0 Å². The summed E-state index contributed by atoms with van der Waals surface area (Å²) in [6, 6.07) is 0. The molecule has 1 aliphatic rings. The van der Waals surface area contributed by atoms with Crippen LogP contribution in [0.5, 0.6) is 0 Å². The van der Waals surface area contributed by atoms with Crippen molar-refractivity contribution in [1.82, 2.24) is 4.90 Å². The molecule has 0 aliphatic carbocycles. The second-order valence-corrected chi connectivity index (χ2v) is 4.63. The molecule has 0 aromatic heterocycles. The largest absolute Gasteiger partial charge is 0.393 e. The van der Waals surface area contributed by atoms with Crippen LogP contribution in [0, 0.1) is 5.92 Å². The van der Waals surface area contributed by atoms with Gasteiger partial charge in [0.05, 0.1) is 17.0 Å².